The summed E-state index contributed by atoms with van der Waals surface area (Å²) in [4.78, 5) is 16.6. The van der Waals surface area contributed by atoms with Crippen molar-refractivity contribution in [3.05, 3.63) is 102 Å². The first-order valence-corrected chi connectivity index (χ1v) is 13.6. The quantitative estimate of drug-likeness (QED) is 0.265. The van der Waals surface area contributed by atoms with Gasteiger partial charge in [-0.2, -0.15) is 0 Å². The molecule has 11 heteroatoms. The molecule has 0 unspecified atom stereocenters. The van der Waals surface area contributed by atoms with Crippen molar-refractivity contribution in [3.63, 3.8) is 0 Å². The molecule has 0 saturated carbocycles. The predicted octanol–water partition coefficient (Wildman–Crippen LogP) is 4.69. The third-order valence-electron chi connectivity index (χ3n) is 4.90. The van der Waals surface area contributed by atoms with Gasteiger partial charge in [0.05, 0.1) is 11.5 Å². The Morgan fingerprint density at radius 2 is 1.78 bits per heavy atom. The molecule has 0 aliphatic carbocycles. The normalized spacial score (nSPS) is 10.9. The number of carbonyl (C=O) groups is 1. The van der Waals surface area contributed by atoms with Crippen LogP contribution in [-0.4, -0.2) is 31.0 Å². The average Bonchev–Trinajstić information content (AvgIpc) is 3.37. The molecule has 4 rings (SSSR count). The second-order valence-corrected chi connectivity index (χ2v) is 10.5. The highest BCUT2D eigenvalue weighted by atomic mass is 32.2. The van der Waals surface area contributed by atoms with Crippen LogP contribution in [0.3, 0.4) is 0 Å². The van der Waals surface area contributed by atoms with Crippen molar-refractivity contribution < 1.29 is 17.9 Å². The minimum absolute atomic E-state index is 0.0716. The summed E-state index contributed by atoms with van der Waals surface area (Å²) in [7, 11) is -3.75. The molecule has 36 heavy (non-hydrogen) atoms. The van der Waals surface area contributed by atoms with E-state index in [-0.39, 0.29) is 15.1 Å². The maximum Gasteiger partial charge on any atom is 0.263 e. The van der Waals surface area contributed by atoms with E-state index in [2.05, 4.69) is 20.3 Å². The molecule has 1 heterocycles. The van der Waals surface area contributed by atoms with Gasteiger partial charge in [0.1, 0.15) is 5.75 Å². The second-order valence-electron chi connectivity index (χ2n) is 7.49. The van der Waals surface area contributed by atoms with Gasteiger partial charge >= 0.3 is 0 Å². The third-order valence-corrected chi connectivity index (χ3v) is 7.28. The highest BCUT2D eigenvalue weighted by Gasteiger charge is 2.16. The highest BCUT2D eigenvalue weighted by Crippen LogP contribution is 2.20. The molecule has 4 aromatic rings. The first-order valence-electron chi connectivity index (χ1n) is 10.8. The molecule has 0 aliphatic rings. The fourth-order valence-corrected chi connectivity index (χ4v) is 5.16. The van der Waals surface area contributed by atoms with E-state index < -0.39 is 15.9 Å². The average molecular weight is 539 g/mol. The van der Waals surface area contributed by atoms with Crippen molar-refractivity contribution in [1.82, 2.24) is 10.3 Å². The summed E-state index contributed by atoms with van der Waals surface area (Å²) >= 11 is 6.43. The smallest absolute Gasteiger partial charge is 0.263 e. The van der Waals surface area contributed by atoms with Crippen LogP contribution in [0.1, 0.15) is 15.9 Å². The van der Waals surface area contributed by atoms with Gasteiger partial charge in [-0.1, -0.05) is 36.4 Å². The van der Waals surface area contributed by atoms with Gasteiger partial charge in [0, 0.05) is 29.2 Å². The van der Waals surface area contributed by atoms with Crippen LogP contribution in [0.4, 0.5) is 10.8 Å². The van der Waals surface area contributed by atoms with Crippen molar-refractivity contribution in [2.24, 2.45) is 0 Å². The number of thiocarbonyl (C=S) groups is 1. The van der Waals surface area contributed by atoms with Gasteiger partial charge in [0.2, 0.25) is 0 Å². The van der Waals surface area contributed by atoms with E-state index in [9.17, 15) is 13.2 Å². The number of hydrogen-bond donors (Lipinski definition) is 3. The van der Waals surface area contributed by atoms with Gasteiger partial charge in [0.15, 0.2) is 10.2 Å². The van der Waals surface area contributed by atoms with Gasteiger partial charge < -0.3 is 10.1 Å². The number of hydrogen-bond acceptors (Lipinski definition) is 7. The number of amides is 1. The lowest BCUT2D eigenvalue weighted by Crippen LogP contribution is -2.34. The molecule has 3 aromatic carbocycles. The lowest BCUT2D eigenvalue weighted by Gasteiger charge is -2.12. The highest BCUT2D eigenvalue weighted by molar-refractivity contribution is 7.93. The molecule has 0 fully saturated rings. The molecule has 0 radical (unpaired) electrons. The summed E-state index contributed by atoms with van der Waals surface area (Å²) < 4.78 is 33.1. The zero-order valence-corrected chi connectivity index (χ0v) is 21.3. The standard InChI is InChI=1S/C25H22N4O4S3/c30-23(19-7-4-8-21(17-19)33-15-13-18-5-2-1-3-6-18)28-24(34)27-20-9-11-22(12-10-20)36(31,32)29-25-26-14-16-35-25/h1-12,14,16-17H,13,15H2,(H,26,29)(H2,27,28,30,34). The predicted molar refractivity (Wildman–Crippen MR) is 145 cm³/mol. The van der Waals surface area contributed by atoms with Crippen LogP contribution >= 0.6 is 23.6 Å². The van der Waals surface area contributed by atoms with Crippen molar-refractivity contribution >= 4 is 55.4 Å². The van der Waals surface area contributed by atoms with E-state index in [0.717, 1.165) is 6.42 Å². The van der Waals surface area contributed by atoms with Gasteiger partial charge in [-0.3, -0.25) is 14.8 Å². The minimum atomic E-state index is -3.75. The van der Waals surface area contributed by atoms with Crippen LogP contribution in [0, 0.1) is 0 Å². The van der Waals surface area contributed by atoms with Crippen LogP contribution in [0.2, 0.25) is 0 Å². The first-order chi connectivity index (χ1) is 17.4. The van der Waals surface area contributed by atoms with Crippen LogP contribution < -0.4 is 20.1 Å². The van der Waals surface area contributed by atoms with Gasteiger partial charge in [-0.25, -0.2) is 13.4 Å². The van der Waals surface area contributed by atoms with Crippen molar-refractivity contribution in [3.8, 4) is 5.75 Å². The topological polar surface area (TPSA) is 109 Å². The maximum atomic E-state index is 12.6. The van der Waals surface area contributed by atoms with Crippen LogP contribution in [0.25, 0.3) is 0 Å². The zero-order chi connectivity index (χ0) is 25.4. The number of rotatable bonds is 9. The first kappa shape index (κ1) is 25.3. The summed E-state index contributed by atoms with van der Waals surface area (Å²) in [5.41, 5.74) is 2.08. The van der Waals surface area contributed by atoms with Crippen molar-refractivity contribution in [2.75, 3.05) is 16.6 Å². The van der Waals surface area contributed by atoms with E-state index in [1.807, 2.05) is 30.3 Å². The molecule has 184 valence electrons. The summed E-state index contributed by atoms with van der Waals surface area (Å²) in [5.74, 6) is 0.188. The number of carbonyl (C=O) groups excluding carboxylic acids is 1. The van der Waals surface area contributed by atoms with E-state index in [1.165, 1.54) is 35.2 Å². The fraction of sp³-hybridized carbons (Fsp3) is 0.0800. The van der Waals surface area contributed by atoms with Crippen LogP contribution in [-0.2, 0) is 16.4 Å². The Morgan fingerprint density at radius 1 is 1.00 bits per heavy atom. The number of anilines is 2. The largest absolute Gasteiger partial charge is 0.493 e. The summed E-state index contributed by atoms with van der Waals surface area (Å²) in [6.45, 7) is 0.486. The number of thiazole rings is 1. The Hall–Kier alpha value is -3.80. The Labute approximate surface area is 218 Å². The molecule has 0 saturated heterocycles. The third kappa shape index (κ3) is 7.11. The van der Waals surface area contributed by atoms with Gasteiger partial charge in [-0.05, 0) is 60.2 Å². The van der Waals surface area contributed by atoms with Gasteiger partial charge in [-0.15, -0.1) is 11.3 Å². The number of aromatic nitrogens is 1. The molecule has 0 spiro atoms. The number of benzene rings is 3. The monoisotopic (exact) mass is 538 g/mol. The molecule has 1 amide bonds. The van der Waals surface area contributed by atoms with Crippen LogP contribution in [0.5, 0.6) is 5.75 Å². The summed E-state index contributed by atoms with van der Waals surface area (Å²) in [6.07, 6.45) is 2.27. The van der Waals surface area contributed by atoms with Crippen LogP contribution in [0.15, 0.2) is 95.3 Å². The second kappa shape index (κ2) is 11.8. The molecule has 3 N–H and O–H groups in total. The number of nitrogens with zero attached hydrogens (tertiary/aromatic N) is 1. The molecule has 0 atom stereocenters. The summed E-state index contributed by atoms with van der Waals surface area (Å²) in [5, 5.41) is 7.53. The van der Waals surface area contributed by atoms with Gasteiger partial charge in [0.25, 0.3) is 15.9 Å². The fourth-order valence-electron chi connectivity index (χ4n) is 3.16. The molecule has 1 aromatic heterocycles. The van der Waals surface area contributed by atoms with Crippen molar-refractivity contribution in [1.29, 1.82) is 0 Å². The Balaban J connectivity index is 1.29. The Bertz CT molecular complexity index is 1430. The number of sulfonamides is 1. The van der Waals surface area contributed by atoms with E-state index >= 15 is 0 Å². The van der Waals surface area contributed by atoms with Crippen molar-refractivity contribution in [2.45, 2.75) is 11.3 Å². The minimum Gasteiger partial charge on any atom is -0.493 e. The SMILES string of the molecule is O=C(NC(=S)Nc1ccc(S(=O)(=O)Nc2nccs2)cc1)c1cccc(OCCc2ccccc2)c1. The number of ether oxygens (including phenoxy) is 1. The molecular formula is C25H22N4O4S3. The zero-order valence-electron chi connectivity index (χ0n) is 18.9. The molecular weight excluding hydrogens is 517 g/mol. The van der Waals surface area contributed by atoms with E-state index in [0.29, 0.717) is 23.6 Å². The molecule has 0 bridgehead atoms. The number of nitrogens with one attached hydrogen (secondary N) is 3. The maximum absolute atomic E-state index is 12.6. The Morgan fingerprint density at radius 3 is 2.50 bits per heavy atom. The lowest BCUT2D eigenvalue weighted by molar-refractivity contribution is 0.0977. The Kier molecular flexibility index (Phi) is 8.26. The van der Waals surface area contributed by atoms with E-state index in [4.69, 9.17) is 17.0 Å². The molecule has 0 aliphatic heterocycles. The van der Waals surface area contributed by atoms with E-state index in [1.54, 1.807) is 41.8 Å². The summed E-state index contributed by atoms with van der Waals surface area (Å²) in [6, 6.07) is 22.8. The lowest BCUT2D eigenvalue weighted by atomic mass is 10.2. The molecule has 8 nitrogen and oxygen atoms in total.